The van der Waals surface area contributed by atoms with Crippen LogP contribution in [0.3, 0.4) is 0 Å². The van der Waals surface area contributed by atoms with Crippen LogP contribution >= 0.6 is 0 Å². The van der Waals surface area contributed by atoms with Gasteiger partial charge in [-0.1, -0.05) is 29.1 Å². The van der Waals surface area contributed by atoms with Crippen molar-refractivity contribution < 1.29 is 33.1 Å². The van der Waals surface area contributed by atoms with E-state index < -0.39 is 0 Å². The zero-order valence-corrected chi connectivity index (χ0v) is 12.4. The number of hydrogen-bond acceptors (Lipinski definition) is 3. The summed E-state index contributed by atoms with van der Waals surface area (Å²) < 4.78 is 15.7. The van der Waals surface area contributed by atoms with Gasteiger partial charge in [0.1, 0.15) is 0 Å². The van der Waals surface area contributed by atoms with Gasteiger partial charge in [-0.05, 0) is 12.8 Å². The fraction of sp³-hybridized carbons (Fsp3) is 0.375. The maximum absolute atomic E-state index is 5.61. The Hall–Kier alpha value is -0.983. The molecule has 3 nitrogen and oxygen atoms in total. The summed E-state index contributed by atoms with van der Waals surface area (Å²) in [6.07, 6.45) is 1.96. The van der Waals surface area contributed by atoms with Gasteiger partial charge in [0.2, 0.25) is 0 Å². The molecule has 2 rings (SSSR count). The Morgan fingerprint density at radius 2 is 1.95 bits per heavy atom. The van der Waals surface area contributed by atoms with Crippen LogP contribution in [-0.2, 0) is 15.9 Å². The number of ether oxygens (including phenoxy) is 3. The van der Waals surface area contributed by atoms with Crippen molar-refractivity contribution in [1.82, 2.24) is 0 Å². The number of rotatable bonds is 7. The molecule has 0 N–H and O–H groups in total. The standard InChI is InChI=1S/C16H19O3.Li/c1-17-11-5-9-14-7-3-6-13-8-4-10-15(16(13)14)19-12-18-2;/h3-4,6-8H,5,9,11-12H2,1-2H3;/q-1;+1. The van der Waals surface area contributed by atoms with Crippen molar-refractivity contribution in [2.24, 2.45) is 0 Å². The van der Waals surface area contributed by atoms with Crippen molar-refractivity contribution in [1.29, 1.82) is 0 Å². The summed E-state index contributed by atoms with van der Waals surface area (Å²) in [5, 5.41) is 2.29. The first-order valence-corrected chi connectivity index (χ1v) is 6.39. The van der Waals surface area contributed by atoms with Crippen LogP contribution in [0.25, 0.3) is 10.8 Å². The molecular formula is C16H19LiO3. The summed E-state index contributed by atoms with van der Waals surface area (Å²) in [4.78, 5) is 0. The van der Waals surface area contributed by atoms with Crippen LogP contribution in [0.2, 0.25) is 0 Å². The first-order chi connectivity index (χ1) is 9.36. The fourth-order valence-electron chi connectivity index (χ4n) is 2.16. The third-order valence-corrected chi connectivity index (χ3v) is 3.00. The normalized spacial score (nSPS) is 10.3. The fourth-order valence-corrected chi connectivity index (χ4v) is 2.16. The van der Waals surface area contributed by atoms with E-state index in [0.717, 1.165) is 30.6 Å². The van der Waals surface area contributed by atoms with Crippen LogP contribution in [-0.4, -0.2) is 27.6 Å². The first-order valence-electron chi connectivity index (χ1n) is 6.39. The molecule has 0 atom stereocenters. The van der Waals surface area contributed by atoms with E-state index in [1.807, 2.05) is 6.07 Å². The molecule has 0 spiro atoms. The minimum absolute atomic E-state index is 0. The largest absolute Gasteiger partial charge is 1.00 e. The molecule has 0 aromatic heterocycles. The van der Waals surface area contributed by atoms with Gasteiger partial charge in [0.15, 0.2) is 6.79 Å². The second kappa shape index (κ2) is 9.05. The number of methoxy groups -OCH3 is 2. The minimum Gasteiger partial charge on any atom is -0.493 e. The van der Waals surface area contributed by atoms with E-state index in [0.29, 0.717) is 0 Å². The first kappa shape index (κ1) is 17.1. The predicted molar refractivity (Wildman–Crippen MR) is 75.5 cm³/mol. The van der Waals surface area contributed by atoms with Crippen LogP contribution in [0, 0.1) is 6.07 Å². The summed E-state index contributed by atoms with van der Waals surface area (Å²) >= 11 is 0. The van der Waals surface area contributed by atoms with E-state index in [2.05, 4.69) is 30.3 Å². The van der Waals surface area contributed by atoms with Crippen molar-refractivity contribution in [3.05, 3.63) is 42.0 Å². The molecule has 0 heterocycles. The van der Waals surface area contributed by atoms with Crippen molar-refractivity contribution in [2.75, 3.05) is 27.6 Å². The summed E-state index contributed by atoms with van der Waals surface area (Å²) in [5.74, 6) is 0.757. The average Bonchev–Trinajstić information content (AvgIpc) is 2.45. The van der Waals surface area contributed by atoms with Crippen molar-refractivity contribution in [2.45, 2.75) is 12.8 Å². The molecule has 4 heteroatoms. The van der Waals surface area contributed by atoms with Crippen LogP contribution in [0.4, 0.5) is 0 Å². The predicted octanol–water partition coefficient (Wildman–Crippen LogP) is 0.206. The molecule has 102 valence electrons. The molecule has 2 aromatic rings. The van der Waals surface area contributed by atoms with Crippen LogP contribution in [0.15, 0.2) is 30.3 Å². The minimum atomic E-state index is 0. The van der Waals surface area contributed by atoms with E-state index in [1.54, 1.807) is 14.2 Å². The van der Waals surface area contributed by atoms with Gasteiger partial charge in [0.05, 0.1) is 0 Å². The molecule has 0 radical (unpaired) electrons. The Balaban J connectivity index is 0.00000200. The summed E-state index contributed by atoms with van der Waals surface area (Å²) in [5.41, 5.74) is 1.26. The van der Waals surface area contributed by atoms with E-state index in [9.17, 15) is 0 Å². The van der Waals surface area contributed by atoms with Gasteiger partial charge < -0.3 is 14.2 Å². The Morgan fingerprint density at radius 1 is 1.10 bits per heavy atom. The zero-order chi connectivity index (χ0) is 13.5. The molecule has 0 saturated heterocycles. The number of aryl methyl sites for hydroxylation is 1. The Labute approximate surface area is 132 Å². The zero-order valence-electron chi connectivity index (χ0n) is 12.4. The van der Waals surface area contributed by atoms with Gasteiger partial charge >= 0.3 is 18.9 Å². The SMILES string of the molecule is COCCCc1cccc2cc[c-]c(OCOC)c12.[Li+]. The third kappa shape index (κ3) is 4.26. The number of fused-ring (bicyclic) bond motifs is 1. The van der Waals surface area contributed by atoms with Crippen molar-refractivity contribution in [3.63, 3.8) is 0 Å². The molecule has 20 heavy (non-hydrogen) atoms. The number of hydrogen-bond donors (Lipinski definition) is 0. The van der Waals surface area contributed by atoms with Crippen LogP contribution in [0.1, 0.15) is 12.0 Å². The Morgan fingerprint density at radius 3 is 2.70 bits per heavy atom. The number of benzene rings is 2. The molecule has 0 bridgehead atoms. The van der Waals surface area contributed by atoms with Crippen LogP contribution < -0.4 is 23.6 Å². The monoisotopic (exact) mass is 266 g/mol. The smallest absolute Gasteiger partial charge is 0.493 e. The van der Waals surface area contributed by atoms with E-state index in [4.69, 9.17) is 14.2 Å². The average molecular weight is 266 g/mol. The molecule has 0 aliphatic rings. The van der Waals surface area contributed by atoms with Crippen molar-refractivity contribution in [3.8, 4) is 5.75 Å². The van der Waals surface area contributed by atoms with E-state index in [-0.39, 0.29) is 25.7 Å². The summed E-state index contributed by atoms with van der Waals surface area (Å²) in [6, 6.07) is 13.4. The topological polar surface area (TPSA) is 27.7 Å². The molecule has 2 aromatic carbocycles. The Kier molecular flexibility index (Phi) is 7.72. The van der Waals surface area contributed by atoms with E-state index >= 15 is 0 Å². The maximum Gasteiger partial charge on any atom is 1.00 e. The molecule has 0 aliphatic heterocycles. The molecule has 0 unspecified atom stereocenters. The molecular weight excluding hydrogens is 247 g/mol. The van der Waals surface area contributed by atoms with Crippen LogP contribution in [0.5, 0.6) is 5.75 Å². The van der Waals surface area contributed by atoms with Gasteiger partial charge in [-0.2, -0.15) is 12.1 Å². The maximum atomic E-state index is 5.61. The van der Waals surface area contributed by atoms with E-state index in [1.165, 1.54) is 10.9 Å². The van der Waals surface area contributed by atoms with Gasteiger partial charge in [-0.25, -0.2) is 0 Å². The molecule has 0 amide bonds. The second-order valence-corrected chi connectivity index (χ2v) is 4.34. The van der Waals surface area contributed by atoms with Gasteiger partial charge in [-0.15, -0.1) is 11.5 Å². The molecule has 0 aliphatic carbocycles. The third-order valence-electron chi connectivity index (χ3n) is 3.00. The molecule has 0 saturated carbocycles. The van der Waals surface area contributed by atoms with Gasteiger partial charge in [-0.3, -0.25) is 0 Å². The quantitative estimate of drug-likeness (QED) is 0.310. The molecule has 0 fully saturated rings. The summed E-state index contributed by atoms with van der Waals surface area (Å²) in [7, 11) is 3.34. The van der Waals surface area contributed by atoms with Gasteiger partial charge in [0, 0.05) is 26.6 Å². The Bertz CT molecular complexity index is 523. The van der Waals surface area contributed by atoms with Crippen molar-refractivity contribution >= 4 is 10.8 Å². The summed E-state index contributed by atoms with van der Waals surface area (Å²) in [6.45, 7) is 1.00. The van der Waals surface area contributed by atoms with Gasteiger partial charge in [0.25, 0.3) is 0 Å². The second-order valence-electron chi connectivity index (χ2n) is 4.34.